The number of carbonyl (C=O) groups excluding carboxylic acids is 1. The number of nitrogens with one attached hydrogen (secondary N) is 2. The van der Waals surface area contributed by atoms with Crippen LogP contribution in [0.3, 0.4) is 0 Å². The van der Waals surface area contributed by atoms with Gasteiger partial charge in [0.25, 0.3) is 0 Å². The van der Waals surface area contributed by atoms with Gasteiger partial charge in [0.15, 0.2) is 0 Å². The predicted molar refractivity (Wildman–Crippen MR) is 105 cm³/mol. The molecule has 4 rings (SSSR count). The van der Waals surface area contributed by atoms with Gasteiger partial charge in [0.05, 0.1) is 12.6 Å². The Bertz CT molecular complexity index is 872. The lowest BCUT2D eigenvalue weighted by atomic mass is 10.0. The van der Waals surface area contributed by atoms with Crippen LogP contribution in [0.2, 0.25) is 0 Å². The zero-order chi connectivity index (χ0) is 18.5. The maximum absolute atomic E-state index is 12.5. The Balaban J connectivity index is 1.38. The third kappa shape index (κ3) is 4.56. The van der Waals surface area contributed by atoms with Crippen LogP contribution in [0.25, 0.3) is 0 Å². The van der Waals surface area contributed by atoms with Crippen LogP contribution in [0, 0.1) is 5.92 Å². The maximum Gasteiger partial charge on any atom is 0.315 e. The summed E-state index contributed by atoms with van der Waals surface area (Å²) in [5.41, 5.74) is 3.43. The van der Waals surface area contributed by atoms with Gasteiger partial charge in [-0.15, -0.1) is 0 Å². The van der Waals surface area contributed by atoms with Crippen molar-refractivity contribution in [2.75, 3.05) is 0 Å². The highest BCUT2D eigenvalue weighted by molar-refractivity contribution is 5.74. The van der Waals surface area contributed by atoms with Gasteiger partial charge in [-0.1, -0.05) is 54.6 Å². The van der Waals surface area contributed by atoms with E-state index in [2.05, 4.69) is 40.0 Å². The third-order valence-corrected chi connectivity index (χ3v) is 4.99. The number of carbonyl (C=O) groups is 1. The van der Waals surface area contributed by atoms with Crippen molar-refractivity contribution in [1.29, 1.82) is 0 Å². The van der Waals surface area contributed by atoms with Crippen LogP contribution in [0.4, 0.5) is 4.79 Å². The first-order valence-electron chi connectivity index (χ1n) is 9.43. The van der Waals surface area contributed by atoms with Gasteiger partial charge >= 0.3 is 6.03 Å². The van der Waals surface area contributed by atoms with Crippen molar-refractivity contribution in [2.24, 2.45) is 5.92 Å². The minimum atomic E-state index is -0.121. The van der Waals surface area contributed by atoms with Crippen LogP contribution < -0.4 is 10.6 Å². The van der Waals surface area contributed by atoms with E-state index in [1.54, 1.807) is 6.20 Å². The lowest BCUT2D eigenvalue weighted by Gasteiger charge is -2.19. The fourth-order valence-electron chi connectivity index (χ4n) is 3.38. The monoisotopic (exact) mass is 360 g/mol. The lowest BCUT2D eigenvalue weighted by molar-refractivity contribution is 0.235. The Labute approximate surface area is 159 Å². The van der Waals surface area contributed by atoms with Crippen molar-refractivity contribution < 1.29 is 4.79 Å². The zero-order valence-corrected chi connectivity index (χ0v) is 15.2. The molecule has 5 heteroatoms. The Morgan fingerprint density at radius 1 is 1.04 bits per heavy atom. The molecule has 0 aliphatic heterocycles. The summed E-state index contributed by atoms with van der Waals surface area (Å²) in [6.45, 7) is 1.19. The molecule has 0 saturated heterocycles. The van der Waals surface area contributed by atoms with E-state index in [0.717, 1.165) is 11.1 Å². The molecule has 1 aromatic heterocycles. The average molecular weight is 360 g/mol. The van der Waals surface area contributed by atoms with E-state index in [0.29, 0.717) is 19.0 Å². The van der Waals surface area contributed by atoms with Crippen LogP contribution >= 0.6 is 0 Å². The largest absolute Gasteiger partial charge is 0.334 e. The smallest absolute Gasteiger partial charge is 0.315 e. The van der Waals surface area contributed by atoms with Gasteiger partial charge in [-0.25, -0.2) is 4.79 Å². The van der Waals surface area contributed by atoms with Crippen LogP contribution in [-0.4, -0.2) is 15.8 Å². The summed E-state index contributed by atoms with van der Waals surface area (Å²) >= 11 is 0. The fraction of sp³-hybridized carbons (Fsp3) is 0.273. The number of nitrogens with zero attached hydrogens (tertiary/aromatic N) is 2. The van der Waals surface area contributed by atoms with Crippen molar-refractivity contribution in [3.8, 4) is 0 Å². The normalized spacial score (nSPS) is 14.5. The molecule has 1 heterocycles. The van der Waals surface area contributed by atoms with Crippen LogP contribution in [0.15, 0.2) is 73.1 Å². The summed E-state index contributed by atoms with van der Waals surface area (Å²) in [6.07, 6.45) is 6.06. The van der Waals surface area contributed by atoms with E-state index in [-0.39, 0.29) is 12.1 Å². The van der Waals surface area contributed by atoms with Gasteiger partial charge in [-0.3, -0.25) is 4.68 Å². The molecule has 0 bridgehead atoms. The van der Waals surface area contributed by atoms with Crippen molar-refractivity contribution in [1.82, 2.24) is 20.4 Å². The molecule has 2 N–H and O–H groups in total. The first-order chi connectivity index (χ1) is 13.3. The van der Waals surface area contributed by atoms with Gasteiger partial charge in [0.2, 0.25) is 0 Å². The molecule has 0 spiro atoms. The SMILES string of the molecule is O=C(NCc1ccccc1Cn1cccn1)NC(c1ccccc1)C1CC1. The molecule has 1 unspecified atom stereocenters. The van der Waals surface area contributed by atoms with Crippen molar-refractivity contribution in [3.05, 3.63) is 89.7 Å². The Hall–Kier alpha value is -3.08. The van der Waals surface area contributed by atoms with Gasteiger partial charge in [-0.2, -0.15) is 5.10 Å². The van der Waals surface area contributed by atoms with Crippen LogP contribution in [0.5, 0.6) is 0 Å². The molecule has 5 nitrogen and oxygen atoms in total. The fourth-order valence-corrected chi connectivity index (χ4v) is 3.38. The molecule has 2 amide bonds. The Morgan fingerprint density at radius 2 is 1.78 bits per heavy atom. The number of amides is 2. The molecular weight excluding hydrogens is 336 g/mol. The van der Waals surface area contributed by atoms with Crippen molar-refractivity contribution >= 4 is 6.03 Å². The zero-order valence-electron chi connectivity index (χ0n) is 15.2. The Morgan fingerprint density at radius 3 is 2.48 bits per heavy atom. The number of benzene rings is 2. The topological polar surface area (TPSA) is 59.0 Å². The molecule has 1 atom stereocenters. The predicted octanol–water partition coefficient (Wildman–Crippen LogP) is 3.88. The minimum Gasteiger partial charge on any atom is -0.334 e. The third-order valence-electron chi connectivity index (χ3n) is 4.99. The standard InChI is InChI=1S/C22H24N4O/c27-22(25-21(18-11-12-18)17-7-2-1-3-8-17)23-15-19-9-4-5-10-20(19)16-26-14-6-13-24-26/h1-10,13-14,18,21H,11-12,15-16H2,(H2,23,25,27). The van der Waals surface area contributed by atoms with Crippen molar-refractivity contribution in [2.45, 2.75) is 32.0 Å². The first-order valence-corrected chi connectivity index (χ1v) is 9.43. The van der Waals surface area contributed by atoms with Gasteiger partial charge in [-0.05, 0) is 41.5 Å². The number of hydrogen-bond acceptors (Lipinski definition) is 2. The van der Waals surface area contributed by atoms with Gasteiger partial charge in [0.1, 0.15) is 0 Å². The summed E-state index contributed by atoms with van der Waals surface area (Å²) in [5.74, 6) is 0.547. The number of aromatic nitrogens is 2. The minimum absolute atomic E-state index is 0.0884. The van der Waals surface area contributed by atoms with Crippen LogP contribution in [0.1, 0.15) is 35.6 Å². The molecule has 0 radical (unpaired) electrons. The number of hydrogen-bond donors (Lipinski definition) is 2. The summed E-state index contributed by atoms with van der Waals surface area (Å²) in [5, 5.41) is 10.4. The van der Waals surface area contributed by atoms with E-state index >= 15 is 0 Å². The molecule has 138 valence electrons. The van der Waals surface area contributed by atoms with E-state index < -0.39 is 0 Å². The average Bonchev–Trinajstić information content (AvgIpc) is 3.42. The molecule has 3 aromatic rings. The summed E-state index contributed by atoms with van der Waals surface area (Å²) in [4.78, 5) is 12.5. The highest BCUT2D eigenvalue weighted by Gasteiger charge is 2.33. The Kier molecular flexibility index (Phi) is 5.19. The summed E-state index contributed by atoms with van der Waals surface area (Å²) in [6, 6.07) is 20.2. The second kappa shape index (κ2) is 8.08. The number of urea groups is 1. The van der Waals surface area contributed by atoms with Crippen LogP contribution in [-0.2, 0) is 13.1 Å². The van der Waals surface area contributed by atoms with Crippen molar-refractivity contribution in [3.63, 3.8) is 0 Å². The molecule has 1 aliphatic rings. The first kappa shape index (κ1) is 17.3. The maximum atomic E-state index is 12.5. The molecule has 1 fully saturated rings. The summed E-state index contributed by atoms with van der Waals surface area (Å²) in [7, 11) is 0. The summed E-state index contributed by atoms with van der Waals surface area (Å²) < 4.78 is 1.89. The van der Waals surface area contributed by atoms with Gasteiger partial charge < -0.3 is 10.6 Å². The van der Waals surface area contributed by atoms with E-state index in [1.807, 2.05) is 47.3 Å². The second-order valence-electron chi connectivity index (χ2n) is 7.03. The molecular formula is C22H24N4O. The highest BCUT2D eigenvalue weighted by atomic mass is 16.2. The number of rotatable bonds is 7. The quantitative estimate of drug-likeness (QED) is 0.672. The van der Waals surface area contributed by atoms with E-state index in [4.69, 9.17) is 0 Å². The molecule has 2 aromatic carbocycles. The second-order valence-corrected chi connectivity index (χ2v) is 7.03. The lowest BCUT2D eigenvalue weighted by Crippen LogP contribution is -2.38. The van der Waals surface area contributed by atoms with E-state index in [1.165, 1.54) is 18.4 Å². The van der Waals surface area contributed by atoms with Gasteiger partial charge in [0, 0.05) is 18.9 Å². The molecule has 1 saturated carbocycles. The molecule has 27 heavy (non-hydrogen) atoms. The van der Waals surface area contributed by atoms with E-state index in [9.17, 15) is 4.79 Å². The highest BCUT2D eigenvalue weighted by Crippen LogP contribution is 2.40. The molecule has 1 aliphatic carbocycles.